The van der Waals surface area contributed by atoms with Gasteiger partial charge in [-0.3, -0.25) is 14.2 Å². The first-order chi connectivity index (χ1) is 14.9. The van der Waals surface area contributed by atoms with Crippen LogP contribution in [0.5, 0.6) is 5.75 Å². The normalized spacial score (nSPS) is 10.8. The molecule has 0 fully saturated rings. The molecule has 0 aliphatic rings. The van der Waals surface area contributed by atoms with Gasteiger partial charge >= 0.3 is 0 Å². The summed E-state index contributed by atoms with van der Waals surface area (Å²) in [6, 6.07) is 13.7. The first kappa shape index (κ1) is 20.5. The van der Waals surface area contributed by atoms with Gasteiger partial charge in [-0.1, -0.05) is 11.6 Å². The topological polar surface area (TPSA) is 86.1 Å². The molecule has 2 aromatic carbocycles. The van der Waals surface area contributed by atoms with Crippen molar-refractivity contribution in [3.8, 4) is 11.4 Å². The van der Waals surface area contributed by atoms with Crippen molar-refractivity contribution >= 4 is 34.2 Å². The first-order valence-electron chi connectivity index (χ1n) is 9.25. The molecule has 9 heteroatoms. The minimum absolute atomic E-state index is 0.0835. The number of nitrogens with one attached hydrogen (secondary N) is 1. The van der Waals surface area contributed by atoms with Crippen LogP contribution in [0.4, 0.5) is 10.1 Å². The second kappa shape index (κ2) is 8.53. The summed E-state index contributed by atoms with van der Waals surface area (Å²) in [7, 11) is 0. The van der Waals surface area contributed by atoms with Gasteiger partial charge in [0.15, 0.2) is 12.3 Å². The van der Waals surface area contributed by atoms with E-state index in [1.54, 1.807) is 49.5 Å². The fourth-order valence-corrected chi connectivity index (χ4v) is 3.17. The highest BCUT2D eigenvalue weighted by Crippen LogP contribution is 2.20. The Bertz CT molecular complexity index is 1340. The Morgan fingerprint density at radius 1 is 1.19 bits per heavy atom. The quantitative estimate of drug-likeness (QED) is 0.510. The average molecular weight is 439 g/mol. The van der Waals surface area contributed by atoms with Gasteiger partial charge in [-0.25, -0.2) is 14.4 Å². The van der Waals surface area contributed by atoms with E-state index in [0.29, 0.717) is 33.3 Å². The molecule has 0 aliphatic heterocycles. The number of carbonyl (C=O) groups is 1. The number of aromatic nitrogens is 3. The number of aryl methyl sites for hydroxylation is 1. The van der Waals surface area contributed by atoms with Crippen LogP contribution in [0.25, 0.3) is 16.7 Å². The number of carbonyl (C=O) groups excluding carboxylic acids is 1. The molecule has 7 nitrogen and oxygen atoms in total. The van der Waals surface area contributed by atoms with E-state index in [9.17, 15) is 14.0 Å². The lowest BCUT2D eigenvalue weighted by Gasteiger charge is -2.13. The summed E-state index contributed by atoms with van der Waals surface area (Å²) in [5.74, 6) is -0.376. The fourth-order valence-electron chi connectivity index (χ4n) is 3.04. The maximum atomic E-state index is 14.3. The predicted molar refractivity (Wildman–Crippen MR) is 115 cm³/mol. The van der Waals surface area contributed by atoms with Crippen molar-refractivity contribution in [2.75, 3.05) is 11.9 Å². The molecule has 31 heavy (non-hydrogen) atoms. The number of pyridine rings is 1. The van der Waals surface area contributed by atoms with E-state index in [2.05, 4.69) is 15.3 Å². The second-order valence-corrected chi connectivity index (χ2v) is 7.07. The van der Waals surface area contributed by atoms with Gasteiger partial charge in [0.05, 0.1) is 16.8 Å². The number of fused-ring (bicyclic) bond motifs is 1. The maximum Gasteiger partial charge on any atom is 0.267 e. The molecule has 1 amide bonds. The van der Waals surface area contributed by atoms with Crippen molar-refractivity contribution in [3.63, 3.8) is 0 Å². The summed E-state index contributed by atoms with van der Waals surface area (Å²) in [6.45, 7) is 1.32. The molecule has 0 saturated carbocycles. The van der Waals surface area contributed by atoms with Crippen LogP contribution in [-0.4, -0.2) is 27.0 Å². The zero-order valence-corrected chi connectivity index (χ0v) is 17.1. The van der Waals surface area contributed by atoms with E-state index in [4.69, 9.17) is 16.3 Å². The molecule has 0 aliphatic carbocycles. The lowest BCUT2D eigenvalue weighted by Crippen LogP contribution is -2.24. The zero-order valence-electron chi connectivity index (χ0n) is 16.3. The minimum Gasteiger partial charge on any atom is -0.484 e. The van der Waals surface area contributed by atoms with Crippen molar-refractivity contribution in [2.45, 2.75) is 6.92 Å². The van der Waals surface area contributed by atoms with Crippen LogP contribution in [0.3, 0.4) is 0 Å². The molecule has 0 saturated heterocycles. The highest BCUT2D eigenvalue weighted by atomic mass is 35.5. The number of hydrogen-bond acceptors (Lipinski definition) is 5. The molecule has 1 N–H and O–H groups in total. The van der Waals surface area contributed by atoms with Gasteiger partial charge in [-0.05, 0) is 61.5 Å². The maximum absolute atomic E-state index is 14.3. The number of rotatable bonds is 5. The third kappa shape index (κ3) is 4.39. The summed E-state index contributed by atoms with van der Waals surface area (Å²) < 4.78 is 21.0. The number of amides is 1. The molecule has 0 spiro atoms. The fraction of sp³-hybridized carbons (Fsp3) is 0.0909. The lowest BCUT2D eigenvalue weighted by atomic mass is 10.2. The number of anilines is 1. The molecule has 156 valence electrons. The summed E-state index contributed by atoms with van der Waals surface area (Å²) in [6.07, 6.45) is 1.55. The summed E-state index contributed by atoms with van der Waals surface area (Å²) in [4.78, 5) is 33.6. The number of ether oxygens (including phenoxy) is 1. The highest BCUT2D eigenvalue weighted by Gasteiger charge is 2.14. The molecule has 0 bridgehead atoms. The molecular weight excluding hydrogens is 423 g/mol. The largest absolute Gasteiger partial charge is 0.484 e. The molecule has 2 heterocycles. The lowest BCUT2D eigenvalue weighted by molar-refractivity contribution is -0.118. The van der Waals surface area contributed by atoms with Crippen LogP contribution >= 0.6 is 11.6 Å². The van der Waals surface area contributed by atoms with Crippen LogP contribution in [0.15, 0.2) is 65.6 Å². The van der Waals surface area contributed by atoms with E-state index < -0.39 is 11.7 Å². The minimum atomic E-state index is -0.648. The molecule has 4 aromatic rings. The SMILES string of the molecule is Cc1nc2ncccc2c(=O)n1-c1ccc(F)c(NC(=O)COc2ccc(Cl)cc2)c1. The zero-order chi connectivity index (χ0) is 22.0. The van der Waals surface area contributed by atoms with Gasteiger partial charge in [-0.15, -0.1) is 0 Å². The summed E-state index contributed by atoms with van der Waals surface area (Å²) in [5.41, 5.74) is 0.262. The molecule has 0 radical (unpaired) electrons. The van der Waals surface area contributed by atoms with Gasteiger partial charge in [0.1, 0.15) is 17.4 Å². The summed E-state index contributed by atoms with van der Waals surface area (Å²) >= 11 is 5.81. The molecular formula is C22H16ClFN4O3. The van der Waals surface area contributed by atoms with E-state index in [1.807, 2.05) is 0 Å². The number of benzene rings is 2. The number of nitrogens with zero attached hydrogens (tertiary/aromatic N) is 3. The molecule has 0 atom stereocenters. The van der Waals surface area contributed by atoms with Crippen LogP contribution in [0, 0.1) is 12.7 Å². The van der Waals surface area contributed by atoms with Gasteiger partial charge < -0.3 is 10.1 Å². The summed E-state index contributed by atoms with van der Waals surface area (Å²) in [5, 5.41) is 3.34. The Labute approximate surface area is 181 Å². The van der Waals surface area contributed by atoms with Crippen LogP contribution in [0.1, 0.15) is 5.82 Å². The Hall–Kier alpha value is -3.78. The van der Waals surface area contributed by atoms with Crippen molar-refractivity contribution in [1.82, 2.24) is 14.5 Å². The third-order valence-electron chi connectivity index (χ3n) is 4.48. The van der Waals surface area contributed by atoms with E-state index in [-0.39, 0.29) is 17.9 Å². The van der Waals surface area contributed by atoms with Crippen molar-refractivity contribution < 1.29 is 13.9 Å². The monoisotopic (exact) mass is 438 g/mol. The van der Waals surface area contributed by atoms with Crippen LogP contribution < -0.4 is 15.6 Å². The Balaban J connectivity index is 1.59. The van der Waals surface area contributed by atoms with Gasteiger partial charge in [0.25, 0.3) is 11.5 Å². The Morgan fingerprint density at radius 2 is 1.97 bits per heavy atom. The predicted octanol–water partition coefficient (Wildman–Crippen LogP) is 3.90. The van der Waals surface area contributed by atoms with Crippen LogP contribution in [0.2, 0.25) is 5.02 Å². The first-order valence-corrected chi connectivity index (χ1v) is 9.63. The number of hydrogen-bond donors (Lipinski definition) is 1. The Kier molecular flexibility index (Phi) is 5.64. The molecule has 2 aromatic heterocycles. The van der Waals surface area contributed by atoms with Gasteiger partial charge in [-0.2, -0.15) is 0 Å². The van der Waals surface area contributed by atoms with Gasteiger partial charge in [0.2, 0.25) is 0 Å². The van der Waals surface area contributed by atoms with E-state index in [0.717, 1.165) is 0 Å². The molecule has 0 unspecified atom stereocenters. The van der Waals surface area contributed by atoms with Crippen molar-refractivity contribution in [3.05, 3.63) is 87.8 Å². The number of halogens is 2. The van der Waals surface area contributed by atoms with E-state index in [1.165, 1.54) is 22.8 Å². The highest BCUT2D eigenvalue weighted by molar-refractivity contribution is 6.30. The second-order valence-electron chi connectivity index (χ2n) is 6.63. The standard InChI is InChI=1S/C22H16ClFN4O3/c1-13-26-21-17(3-2-10-25-21)22(30)28(13)15-6-9-18(24)19(11-15)27-20(29)12-31-16-7-4-14(23)5-8-16/h2-11H,12H2,1H3,(H,27,29). The van der Waals surface area contributed by atoms with E-state index >= 15 is 0 Å². The molecule has 4 rings (SSSR count). The third-order valence-corrected chi connectivity index (χ3v) is 4.73. The average Bonchev–Trinajstić information content (AvgIpc) is 2.75. The van der Waals surface area contributed by atoms with Gasteiger partial charge in [0, 0.05) is 11.2 Å². The Morgan fingerprint density at radius 3 is 2.74 bits per heavy atom. The smallest absolute Gasteiger partial charge is 0.267 e. The van der Waals surface area contributed by atoms with Crippen molar-refractivity contribution in [1.29, 1.82) is 0 Å². The van der Waals surface area contributed by atoms with Crippen molar-refractivity contribution in [2.24, 2.45) is 0 Å². The van der Waals surface area contributed by atoms with Crippen LogP contribution in [-0.2, 0) is 4.79 Å².